The summed E-state index contributed by atoms with van der Waals surface area (Å²) in [6, 6.07) is 8.15. The predicted molar refractivity (Wildman–Crippen MR) is 82.5 cm³/mol. The van der Waals surface area contributed by atoms with Gasteiger partial charge in [0.25, 0.3) is 0 Å². The summed E-state index contributed by atoms with van der Waals surface area (Å²) in [4.78, 5) is 13.8. The van der Waals surface area contributed by atoms with E-state index in [1.165, 1.54) is 5.56 Å². The maximum atomic E-state index is 11.5. The molecule has 1 saturated heterocycles. The molecule has 21 heavy (non-hydrogen) atoms. The van der Waals surface area contributed by atoms with Crippen molar-refractivity contribution < 1.29 is 14.6 Å². The molecule has 0 saturated carbocycles. The van der Waals surface area contributed by atoms with Crippen molar-refractivity contribution in [2.45, 2.75) is 39.7 Å². The lowest BCUT2D eigenvalue weighted by molar-refractivity contribution is -0.152. The molecule has 4 heteroatoms. The molecule has 0 bridgehead atoms. The lowest BCUT2D eigenvalue weighted by atomic mass is 9.76. The van der Waals surface area contributed by atoms with Gasteiger partial charge in [-0.2, -0.15) is 0 Å². The first kappa shape index (κ1) is 15.8. The largest absolute Gasteiger partial charge is 0.494 e. The van der Waals surface area contributed by atoms with Gasteiger partial charge in [-0.15, -0.1) is 0 Å². The van der Waals surface area contributed by atoms with Gasteiger partial charge < -0.3 is 9.84 Å². The summed E-state index contributed by atoms with van der Waals surface area (Å²) in [7, 11) is 0. The average Bonchev–Trinajstić information content (AvgIpc) is 2.49. The first-order valence-electron chi connectivity index (χ1n) is 7.77. The minimum Gasteiger partial charge on any atom is -0.494 e. The number of aliphatic carboxylic acids is 1. The minimum atomic E-state index is -0.636. The monoisotopic (exact) mass is 291 g/mol. The Bertz CT molecular complexity index is 479. The molecule has 4 nitrogen and oxygen atoms in total. The topological polar surface area (TPSA) is 49.8 Å². The molecule has 0 atom stereocenters. The van der Waals surface area contributed by atoms with Crippen LogP contribution < -0.4 is 4.74 Å². The number of hydrogen-bond donors (Lipinski definition) is 1. The lowest BCUT2D eigenvalue weighted by Gasteiger charge is -2.38. The predicted octanol–water partition coefficient (Wildman–Crippen LogP) is 3.16. The molecule has 2 rings (SSSR count). The Morgan fingerprint density at radius 2 is 2.05 bits per heavy atom. The summed E-state index contributed by atoms with van der Waals surface area (Å²) in [6.07, 6.45) is 2.20. The zero-order chi connectivity index (χ0) is 15.3. The third kappa shape index (κ3) is 3.76. The molecule has 1 N–H and O–H groups in total. The van der Waals surface area contributed by atoms with E-state index in [-0.39, 0.29) is 0 Å². The number of rotatable bonds is 6. The number of hydrogen-bond acceptors (Lipinski definition) is 3. The molecular formula is C17H25NO3. The van der Waals surface area contributed by atoms with Crippen molar-refractivity contribution in [2.75, 3.05) is 19.7 Å². The van der Waals surface area contributed by atoms with E-state index in [1.807, 2.05) is 26.0 Å². The highest BCUT2D eigenvalue weighted by atomic mass is 16.5. The van der Waals surface area contributed by atoms with E-state index in [2.05, 4.69) is 17.0 Å². The van der Waals surface area contributed by atoms with Crippen LogP contribution in [-0.2, 0) is 11.3 Å². The molecule has 1 aliphatic rings. The van der Waals surface area contributed by atoms with Crippen LogP contribution in [0.2, 0.25) is 0 Å². The fourth-order valence-corrected chi connectivity index (χ4v) is 3.02. The molecule has 0 aliphatic carbocycles. The molecular weight excluding hydrogens is 266 g/mol. The number of ether oxygens (including phenoxy) is 1. The number of carboxylic acid groups (broad SMARTS) is 1. The fourth-order valence-electron chi connectivity index (χ4n) is 3.02. The molecule has 0 amide bonds. The SMILES string of the molecule is CCOc1cccc(CN2CCC(CC)(C(=O)O)CC2)c1. The number of likely N-dealkylation sites (tertiary alicyclic amines) is 1. The van der Waals surface area contributed by atoms with Crippen molar-refractivity contribution in [1.29, 1.82) is 0 Å². The molecule has 0 spiro atoms. The Hall–Kier alpha value is -1.55. The van der Waals surface area contributed by atoms with Crippen LogP contribution in [0.15, 0.2) is 24.3 Å². The van der Waals surface area contributed by atoms with Gasteiger partial charge in [-0.1, -0.05) is 19.1 Å². The molecule has 0 unspecified atom stereocenters. The van der Waals surface area contributed by atoms with Crippen LogP contribution in [0.25, 0.3) is 0 Å². The van der Waals surface area contributed by atoms with Crippen molar-refractivity contribution in [2.24, 2.45) is 5.41 Å². The third-order valence-electron chi connectivity index (χ3n) is 4.56. The zero-order valence-electron chi connectivity index (χ0n) is 13.0. The Kier molecular flexibility index (Phi) is 5.23. The smallest absolute Gasteiger partial charge is 0.309 e. The highest BCUT2D eigenvalue weighted by Crippen LogP contribution is 2.35. The molecule has 1 aromatic rings. The van der Waals surface area contributed by atoms with E-state index in [1.54, 1.807) is 0 Å². The maximum Gasteiger partial charge on any atom is 0.309 e. The molecule has 0 radical (unpaired) electrons. The summed E-state index contributed by atoms with van der Waals surface area (Å²) >= 11 is 0. The third-order valence-corrected chi connectivity index (χ3v) is 4.56. The van der Waals surface area contributed by atoms with E-state index in [0.29, 0.717) is 6.61 Å². The van der Waals surface area contributed by atoms with Gasteiger partial charge in [-0.25, -0.2) is 0 Å². The molecule has 1 fully saturated rings. The van der Waals surface area contributed by atoms with E-state index in [9.17, 15) is 9.90 Å². The van der Waals surface area contributed by atoms with Gasteiger partial charge in [0.15, 0.2) is 0 Å². The summed E-state index contributed by atoms with van der Waals surface area (Å²) in [6.45, 7) is 7.19. The molecule has 1 aliphatic heterocycles. The van der Waals surface area contributed by atoms with Crippen LogP contribution in [0.5, 0.6) is 5.75 Å². The van der Waals surface area contributed by atoms with Gasteiger partial charge in [0, 0.05) is 6.54 Å². The fraction of sp³-hybridized carbons (Fsp3) is 0.588. The van der Waals surface area contributed by atoms with E-state index in [4.69, 9.17) is 4.74 Å². The molecule has 0 aromatic heterocycles. The van der Waals surface area contributed by atoms with Crippen molar-refractivity contribution in [3.63, 3.8) is 0 Å². The van der Waals surface area contributed by atoms with Gasteiger partial charge in [0.1, 0.15) is 5.75 Å². The van der Waals surface area contributed by atoms with Crippen LogP contribution in [0, 0.1) is 5.41 Å². The van der Waals surface area contributed by atoms with Crippen LogP contribution in [0.3, 0.4) is 0 Å². The summed E-state index contributed by atoms with van der Waals surface area (Å²) in [5.41, 5.74) is 0.712. The summed E-state index contributed by atoms with van der Waals surface area (Å²) in [5, 5.41) is 9.43. The van der Waals surface area contributed by atoms with Gasteiger partial charge in [0.05, 0.1) is 12.0 Å². The van der Waals surface area contributed by atoms with Crippen LogP contribution in [0.4, 0.5) is 0 Å². The Morgan fingerprint density at radius 1 is 1.33 bits per heavy atom. The van der Waals surface area contributed by atoms with E-state index >= 15 is 0 Å². The first-order valence-corrected chi connectivity index (χ1v) is 7.77. The first-order chi connectivity index (χ1) is 10.1. The van der Waals surface area contributed by atoms with Crippen molar-refractivity contribution in [1.82, 2.24) is 4.90 Å². The number of piperidine rings is 1. The number of benzene rings is 1. The second-order valence-electron chi connectivity index (χ2n) is 5.80. The Labute approximate surface area is 126 Å². The highest BCUT2D eigenvalue weighted by molar-refractivity contribution is 5.74. The average molecular weight is 291 g/mol. The number of carbonyl (C=O) groups is 1. The van der Waals surface area contributed by atoms with E-state index in [0.717, 1.165) is 44.6 Å². The van der Waals surface area contributed by atoms with Crippen molar-refractivity contribution in [3.05, 3.63) is 29.8 Å². The molecule has 1 heterocycles. The second kappa shape index (κ2) is 6.94. The van der Waals surface area contributed by atoms with Crippen LogP contribution in [0.1, 0.15) is 38.7 Å². The maximum absolute atomic E-state index is 11.5. The van der Waals surface area contributed by atoms with Gasteiger partial charge >= 0.3 is 5.97 Å². The summed E-state index contributed by atoms with van der Waals surface area (Å²) < 4.78 is 5.52. The lowest BCUT2D eigenvalue weighted by Crippen LogP contribution is -2.43. The van der Waals surface area contributed by atoms with E-state index < -0.39 is 11.4 Å². The number of nitrogens with zero attached hydrogens (tertiary/aromatic N) is 1. The second-order valence-corrected chi connectivity index (χ2v) is 5.80. The van der Waals surface area contributed by atoms with Crippen molar-refractivity contribution >= 4 is 5.97 Å². The normalized spacial score (nSPS) is 18.4. The zero-order valence-corrected chi connectivity index (χ0v) is 13.0. The Balaban J connectivity index is 1.94. The molecule has 1 aromatic carbocycles. The Morgan fingerprint density at radius 3 is 2.62 bits per heavy atom. The standard InChI is InChI=1S/C17H25NO3/c1-3-17(16(19)20)8-10-18(11-9-17)13-14-6-5-7-15(12-14)21-4-2/h5-7,12H,3-4,8-11,13H2,1-2H3,(H,19,20). The van der Waals surface area contributed by atoms with Gasteiger partial charge in [0.2, 0.25) is 0 Å². The van der Waals surface area contributed by atoms with Gasteiger partial charge in [-0.3, -0.25) is 9.69 Å². The highest BCUT2D eigenvalue weighted by Gasteiger charge is 2.39. The van der Waals surface area contributed by atoms with Gasteiger partial charge in [-0.05, 0) is 57.0 Å². The number of carboxylic acids is 1. The van der Waals surface area contributed by atoms with Crippen LogP contribution in [-0.4, -0.2) is 35.7 Å². The molecule has 116 valence electrons. The summed E-state index contributed by atoms with van der Waals surface area (Å²) in [5.74, 6) is 0.267. The minimum absolute atomic E-state index is 0.510. The van der Waals surface area contributed by atoms with Crippen molar-refractivity contribution in [3.8, 4) is 5.75 Å². The van der Waals surface area contributed by atoms with Crippen LogP contribution >= 0.6 is 0 Å². The quantitative estimate of drug-likeness (QED) is 0.874.